The lowest BCUT2D eigenvalue weighted by Gasteiger charge is -2.22. The summed E-state index contributed by atoms with van der Waals surface area (Å²) in [5, 5.41) is 7.96. The van der Waals surface area contributed by atoms with Crippen LogP contribution in [0.15, 0.2) is 71.6 Å². The molecule has 0 radical (unpaired) electrons. The quantitative estimate of drug-likeness (QED) is 0.435. The summed E-state index contributed by atoms with van der Waals surface area (Å²) in [6, 6.07) is 20.7. The summed E-state index contributed by atoms with van der Waals surface area (Å²) in [4.78, 5) is 17.4. The van der Waals surface area contributed by atoms with E-state index in [1.807, 2.05) is 12.1 Å². The lowest BCUT2D eigenvalue weighted by atomic mass is 10.0. The van der Waals surface area contributed by atoms with Crippen molar-refractivity contribution in [3.05, 3.63) is 83.4 Å². The van der Waals surface area contributed by atoms with Gasteiger partial charge in [-0.15, -0.1) is 0 Å². The molecule has 0 saturated carbocycles. The van der Waals surface area contributed by atoms with E-state index >= 15 is 0 Å². The molecule has 0 aliphatic carbocycles. The first-order chi connectivity index (χ1) is 18.2. The van der Waals surface area contributed by atoms with Crippen molar-refractivity contribution in [3.63, 3.8) is 0 Å². The van der Waals surface area contributed by atoms with Gasteiger partial charge in [0, 0.05) is 31.7 Å². The van der Waals surface area contributed by atoms with Crippen LogP contribution >= 0.6 is 0 Å². The van der Waals surface area contributed by atoms with Crippen LogP contribution in [-0.4, -0.2) is 64.0 Å². The van der Waals surface area contributed by atoms with Crippen molar-refractivity contribution in [3.8, 4) is 16.9 Å². The molecule has 0 aromatic heterocycles. The number of hydrogen-bond donors (Lipinski definition) is 2. The zero-order chi connectivity index (χ0) is 27.1. The Bertz CT molecular complexity index is 1340. The Hall–Kier alpha value is -3.24. The minimum Gasteiger partial charge on any atom is -0.483 e. The molecule has 0 atom stereocenters. The van der Waals surface area contributed by atoms with Crippen LogP contribution in [0.1, 0.15) is 23.1 Å². The van der Waals surface area contributed by atoms with Gasteiger partial charge in [0.25, 0.3) is 5.91 Å². The van der Waals surface area contributed by atoms with Crippen molar-refractivity contribution in [1.82, 2.24) is 15.1 Å². The molecule has 1 amide bonds. The van der Waals surface area contributed by atoms with E-state index < -0.39 is 10.0 Å². The van der Waals surface area contributed by atoms with Crippen molar-refractivity contribution in [2.75, 3.05) is 39.8 Å². The van der Waals surface area contributed by atoms with Gasteiger partial charge in [0.15, 0.2) is 6.61 Å². The highest BCUT2D eigenvalue weighted by Gasteiger charge is 2.16. The summed E-state index contributed by atoms with van der Waals surface area (Å²) in [7, 11) is -1.59. The maximum absolute atomic E-state index is 12.6. The van der Waals surface area contributed by atoms with Gasteiger partial charge in [0.2, 0.25) is 10.0 Å². The fourth-order valence-corrected chi connectivity index (χ4v) is 4.98. The van der Waals surface area contributed by atoms with E-state index in [2.05, 4.69) is 59.4 Å². The molecule has 8 nitrogen and oxygen atoms in total. The standard InChI is InChI=1S/C29H36N4O4S/c1-22-4-8-24(9-5-22)25-10-13-28(26(18-25)20-33-15-3-14-32(2)16-17-33)37-21-29(34)31-19-23-6-11-27(12-7-23)38(30,35)36/h4-13,18H,3,14-17,19-21H2,1-2H3,(H,31,34)(H2,30,35,36). The fourth-order valence-electron chi connectivity index (χ4n) is 4.46. The van der Waals surface area contributed by atoms with Crippen LogP contribution in [0.3, 0.4) is 0 Å². The van der Waals surface area contributed by atoms with Crippen LogP contribution in [0.25, 0.3) is 11.1 Å². The molecule has 1 saturated heterocycles. The van der Waals surface area contributed by atoms with E-state index in [1.165, 1.54) is 17.7 Å². The summed E-state index contributed by atoms with van der Waals surface area (Å²) in [5.41, 5.74) is 5.30. The highest BCUT2D eigenvalue weighted by Crippen LogP contribution is 2.28. The topological polar surface area (TPSA) is 105 Å². The van der Waals surface area contributed by atoms with E-state index in [0.29, 0.717) is 5.75 Å². The smallest absolute Gasteiger partial charge is 0.258 e. The Kier molecular flexibility index (Phi) is 9.17. The summed E-state index contributed by atoms with van der Waals surface area (Å²) < 4.78 is 28.8. The Morgan fingerprint density at radius 3 is 2.37 bits per heavy atom. The normalized spacial score (nSPS) is 15.1. The number of carbonyl (C=O) groups is 1. The summed E-state index contributed by atoms with van der Waals surface area (Å²) >= 11 is 0. The maximum atomic E-state index is 12.6. The average molecular weight is 537 g/mol. The molecule has 1 heterocycles. The number of nitrogens with two attached hydrogens (primary N) is 1. The van der Waals surface area contributed by atoms with E-state index in [9.17, 15) is 13.2 Å². The van der Waals surface area contributed by atoms with Crippen LogP contribution in [0.2, 0.25) is 0 Å². The lowest BCUT2D eigenvalue weighted by Crippen LogP contribution is -2.30. The first-order valence-electron chi connectivity index (χ1n) is 12.8. The van der Waals surface area contributed by atoms with Gasteiger partial charge < -0.3 is 15.0 Å². The van der Waals surface area contributed by atoms with Gasteiger partial charge in [-0.1, -0.05) is 48.0 Å². The molecule has 1 aliphatic heterocycles. The second-order valence-electron chi connectivity index (χ2n) is 9.88. The van der Waals surface area contributed by atoms with Gasteiger partial charge in [-0.2, -0.15) is 0 Å². The number of likely N-dealkylation sites (N-methyl/N-ethyl adjacent to an activating group) is 1. The van der Waals surface area contributed by atoms with Crippen LogP contribution < -0.4 is 15.2 Å². The highest BCUT2D eigenvalue weighted by atomic mass is 32.2. The first-order valence-corrected chi connectivity index (χ1v) is 14.3. The van der Waals surface area contributed by atoms with Crippen molar-refractivity contribution >= 4 is 15.9 Å². The first kappa shape index (κ1) is 27.8. The zero-order valence-electron chi connectivity index (χ0n) is 22.0. The molecule has 0 bridgehead atoms. The fraction of sp³-hybridized carbons (Fsp3) is 0.345. The molecular weight excluding hydrogens is 500 g/mol. The van der Waals surface area contributed by atoms with E-state index in [4.69, 9.17) is 9.88 Å². The second kappa shape index (κ2) is 12.5. The van der Waals surface area contributed by atoms with Gasteiger partial charge in [-0.05, 0) is 74.4 Å². The molecule has 3 N–H and O–H groups in total. The zero-order valence-corrected chi connectivity index (χ0v) is 22.8. The minimum absolute atomic E-state index is 0.0357. The third kappa shape index (κ3) is 7.88. The monoisotopic (exact) mass is 536 g/mol. The SMILES string of the molecule is Cc1ccc(-c2ccc(OCC(=O)NCc3ccc(S(N)(=O)=O)cc3)c(CN3CCCN(C)CC3)c2)cc1. The molecule has 1 aliphatic rings. The molecule has 9 heteroatoms. The van der Waals surface area contributed by atoms with Gasteiger partial charge in [0.1, 0.15) is 5.75 Å². The van der Waals surface area contributed by atoms with Crippen molar-refractivity contribution in [2.45, 2.75) is 31.3 Å². The molecular formula is C29H36N4O4S. The molecule has 0 spiro atoms. The molecule has 1 fully saturated rings. The van der Waals surface area contributed by atoms with Crippen LogP contribution in [-0.2, 0) is 27.9 Å². The number of sulfonamides is 1. The summed E-state index contributed by atoms with van der Waals surface area (Å²) in [6.45, 7) is 7.08. The number of nitrogens with one attached hydrogen (secondary N) is 1. The van der Waals surface area contributed by atoms with Crippen LogP contribution in [0, 0.1) is 6.92 Å². The number of amides is 1. The van der Waals surface area contributed by atoms with Crippen LogP contribution in [0.4, 0.5) is 0 Å². The van der Waals surface area contributed by atoms with E-state index in [1.54, 1.807) is 12.1 Å². The number of aryl methyl sites for hydroxylation is 1. The summed E-state index contributed by atoms with van der Waals surface area (Å²) in [6.07, 6.45) is 1.12. The second-order valence-corrected chi connectivity index (χ2v) is 11.4. The van der Waals surface area contributed by atoms with Crippen LogP contribution in [0.5, 0.6) is 5.75 Å². The summed E-state index contributed by atoms with van der Waals surface area (Å²) in [5.74, 6) is 0.441. The maximum Gasteiger partial charge on any atom is 0.258 e. The molecule has 38 heavy (non-hydrogen) atoms. The van der Waals surface area contributed by atoms with E-state index in [0.717, 1.165) is 61.4 Å². The number of nitrogens with zero attached hydrogens (tertiary/aromatic N) is 2. The number of carbonyl (C=O) groups excluding carboxylic acids is 1. The lowest BCUT2D eigenvalue weighted by molar-refractivity contribution is -0.123. The Balaban J connectivity index is 1.43. The molecule has 202 valence electrons. The third-order valence-electron chi connectivity index (χ3n) is 6.75. The highest BCUT2D eigenvalue weighted by molar-refractivity contribution is 7.89. The number of rotatable bonds is 9. The predicted molar refractivity (Wildman–Crippen MR) is 149 cm³/mol. The number of primary sulfonamides is 1. The van der Waals surface area contributed by atoms with Gasteiger partial charge in [-0.3, -0.25) is 9.69 Å². The largest absolute Gasteiger partial charge is 0.483 e. The number of ether oxygens (including phenoxy) is 1. The molecule has 4 rings (SSSR count). The average Bonchev–Trinajstić information content (AvgIpc) is 3.10. The predicted octanol–water partition coefficient (Wildman–Crippen LogP) is 3.14. The van der Waals surface area contributed by atoms with Crippen molar-refractivity contribution < 1.29 is 17.9 Å². The number of benzene rings is 3. The molecule has 0 unspecified atom stereocenters. The van der Waals surface area contributed by atoms with Gasteiger partial charge >= 0.3 is 0 Å². The Labute approximate surface area is 225 Å². The number of hydrogen-bond acceptors (Lipinski definition) is 6. The van der Waals surface area contributed by atoms with Gasteiger partial charge in [0.05, 0.1) is 4.90 Å². The third-order valence-corrected chi connectivity index (χ3v) is 7.68. The molecule has 3 aromatic rings. The molecule has 3 aromatic carbocycles. The van der Waals surface area contributed by atoms with Crippen molar-refractivity contribution in [1.29, 1.82) is 0 Å². The van der Waals surface area contributed by atoms with Crippen molar-refractivity contribution in [2.24, 2.45) is 5.14 Å². The minimum atomic E-state index is -3.75. The van der Waals surface area contributed by atoms with Gasteiger partial charge in [-0.25, -0.2) is 13.6 Å². The Morgan fingerprint density at radius 2 is 1.66 bits per heavy atom. The Morgan fingerprint density at radius 1 is 0.947 bits per heavy atom. The van der Waals surface area contributed by atoms with E-state index in [-0.39, 0.29) is 24.0 Å².